The van der Waals surface area contributed by atoms with E-state index >= 15 is 0 Å². The van der Waals surface area contributed by atoms with Gasteiger partial charge in [0, 0.05) is 43.4 Å². The molecule has 2 aromatic rings. The van der Waals surface area contributed by atoms with Gasteiger partial charge in [0.15, 0.2) is 0 Å². The summed E-state index contributed by atoms with van der Waals surface area (Å²) >= 11 is 0. The number of nitrogens with zero attached hydrogens (tertiary/aromatic N) is 2. The van der Waals surface area contributed by atoms with Gasteiger partial charge < -0.3 is 15.4 Å². The summed E-state index contributed by atoms with van der Waals surface area (Å²) in [6.45, 7) is 0.608. The van der Waals surface area contributed by atoms with E-state index < -0.39 is 6.04 Å². The maximum absolute atomic E-state index is 14.3. The van der Waals surface area contributed by atoms with Crippen molar-refractivity contribution < 1.29 is 13.9 Å². The normalized spacial score (nSPS) is 20.7. The van der Waals surface area contributed by atoms with E-state index in [1.54, 1.807) is 23.0 Å². The van der Waals surface area contributed by atoms with Crippen LogP contribution in [0.2, 0.25) is 0 Å². The van der Waals surface area contributed by atoms with E-state index in [9.17, 15) is 9.18 Å². The molecule has 0 radical (unpaired) electrons. The van der Waals surface area contributed by atoms with Crippen molar-refractivity contribution >= 4 is 5.91 Å². The Morgan fingerprint density at radius 2 is 2.33 bits per heavy atom. The number of nitrogens with one attached hydrogen (secondary N) is 2. The molecular formula is C17H21FN4O2. The van der Waals surface area contributed by atoms with Crippen LogP contribution in [0.1, 0.15) is 30.0 Å². The first-order valence-corrected chi connectivity index (χ1v) is 7.90. The van der Waals surface area contributed by atoms with Crippen LogP contribution in [0, 0.1) is 5.82 Å². The highest BCUT2D eigenvalue weighted by atomic mass is 19.1. The first-order chi connectivity index (χ1) is 11.6. The number of hydrogen-bond acceptors (Lipinski definition) is 4. The fourth-order valence-electron chi connectivity index (χ4n) is 3.01. The molecule has 3 rings (SSSR count). The van der Waals surface area contributed by atoms with Crippen molar-refractivity contribution in [2.75, 3.05) is 7.11 Å². The summed E-state index contributed by atoms with van der Waals surface area (Å²) in [5.74, 6) is 0.148. The second-order valence-corrected chi connectivity index (χ2v) is 5.98. The number of ether oxygens (including phenoxy) is 1. The minimum absolute atomic E-state index is 0.0653. The number of aryl methyl sites for hydroxylation is 1. The van der Waals surface area contributed by atoms with E-state index in [4.69, 9.17) is 4.74 Å². The van der Waals surface area contributed by atoms with Gasteiger partial charge in [-0.15, -0.1) is 0 Å². The maximum atomic E-state index is 14.3. The first kappa shape index (κ1) is 16.4. The van der Waals surface area contributed by atoms with Crippen molar-refractivity contribution in [1.82, 2.24) is 20.4 Å². The molecule has 6 nitrogen and oxygen atoms in total. The monoisotopic (exact) mass is 332 g/mol. The molecular weight excluding hydrogens is 311 g/mol. The quantitative estimate of drug-likeness (QED) is 0.874. The number of hydrogen-bond donors (Lipinski definition) is 2. The predicted molar refractivity (Wildman–Crippen MR) is 86.9 cm³/mol. The van der Waals surface area contributed by atoms with Crippen molar-refractivity contribution in [3.05, 3.63) is 47.5 Å². The number of piperidine rings is 1. The lowest BCUT2D eigenvalue weighted by Crippen LogP contribution is -2.48. The zero-order chi connectivity index (χ0) is 17.1. The van der Waals surface area contributed by atoms with E-state index in [0.717, 1.165) is 5.56 Å². The minimum atomic E-state index is -0.432. The summed E-state index contributed by atoms with van der Waals surface area (Å²) in [4.78, 5) is 11.8. The van der Waals surface area contributed by atoms with Crippen LogP contribution in [-0.4, -0.2) is 28.8 Å². The molecule has 7 heteroatoms. The Balaban J connectivity index is 1.80. The molecule has 0 spiro atoms. The van der Waals surface area contributed by atoms with Gasteiger partial charge >= 0.3 is 0 Å². The number of benzene rings is 1. The topological polar surface area (TPSA) is 68.2 Å². The van der Waals surface area contributed by atoms with Crippen LogP contribution >= 0.6 is 0 Å². The van der Waals surface area contributed by atoms with Gasteiger partial charge in [0.1, 0.15) is 11.6 Å². The molecule has 0 saturated carbocycles. The number of aromatic nitrogens is 2. The van der Waals surface area contributed by atoms with Crippen molar-refractivity contribution in [3.63, 3.8) is 0 Å². The van der Waals surface area contributed by atoms with E-state index in [2.05, 4.69) is 15.7 Å². The molecule has 1 aliphatic rings. The third-order valence-electron chi connectivity index (χ3n) is 4.27. The summed E-state index contributed by atoms with van der Waals surface area (Å²) in [6, 6.07) is 4.08. The molecule has 0 unspecified atom stereocenters. The highest BCUT2D eigenvalue weighted by Gasteiger charge is 2.31. The van der Waals surface area contributed by atoms with Crippen LogP contribution in [0.25, 0.3) is 0 Å². The average Bonchev–Trinajstić information content (AvgIpc) is 2.99. The van der Waals surface area contributed by atoms with Crippen molar-refractivity contribution in [1.29, 1.82) is 0 Å². The van der Waals surface area contributed by atoms with Gasteiger partial charge in [-0.1, -0.05) is 0 Å². The molecule has 1 saturated heterocycles. The Morgan fingerprint density at radius 3 is 3.04 bits per heavy atom. The van der Waals surface area contributed by atoms with Crippen LogP contribution in [0.3, 0.4) is 0 Å². The largest absolute Gasteiger partial charge is 0.497 e. The first-order valence-electron chi connectivity index (χ1n) is 7.90. The predicted octanol–water partition coefficient (Wildman–Crippen LogP) is 1.68. The fourth-order valence-corrected chi connectivity index (χ4v) is 3.01. The SMILES string of the molecule is COc1ccc(F)c([C@@H]2NC(=O)CC[C@H]2NCc2cnn(C)c2)c1. The van der Waals surface area contributed by atoms with Crippen LogP contribution in [0.5, 0.6) is 5.75 Å². The number of rotatable bonds is 5. The molecule has 0 bridgehead atoms. The summed E-state index contributed by atoms with van der Waals surface area (Å²) in [5.41, 5.74) is 1.48. The van der Waals surface area contributed by atoms with Crippen LogP contribution in [-0.2, 0) is 18.4 Å². The Kier molecular flexibility index (Phi) is 4.80. The molecule has 1 fully saturated rings. The third kappa shape index (κ3) is 3.56. The van der Waals surface area contributed by atoms with Gasteiger partial charge in [0.25, 0.3) is 0 Å². The Morgan fingerprint density at radius 1 is 1.50 bits per heavy atom. The van der Waals surface area contributed by atoms with Gasteiger partial charge in [-0.05, 0) is 24.6 Å². The van der Waals surface area contributed by atoms with Crippen LogP contribution in [0.4, 0.5) is 4.39 Å². The second kappa shape index (κ2) is 7.00. The summed E-state index contributed by atoms with van der Waals surface area (Å²) in [5, 5.41) is 10.4. The van der Waals surface area contributed by atoms with E-state index in [1.165, 1.54) is 13.2 Å². The summed E-state index contributed by atoms with van der Waals surface area (Å²) in [7, 11) is 3.40. The maximum Gasteiger partial charge on any atom is 0.220 e. The molecule has 128 valence electrons. The number of halogens is 1. The highest BCUT2D eigenvalue weighted by molar-refractivity contribution is 5.77. The minimum Gasteiger partial charge on any atom is -0.497 e. The molecule has 0 aliphatic carbocycles. The smallest absolute Gasteiger partial charge is 0.220 e. The van der Waals surface area contributed by atoms with Crippen molar-refractivity contribution in [2.24, 2.45) is 7.05 Å². The Bertz CT molecular complexity index is 731. The zero-order valence-electron chi connectivity index (χ0n) is 13.8. The van der Waals surface area contributed by atoms with Gasteiger partial charge in [-0.25, -0.2) is 4.39 Å². The number of carbonyl (C=O) groups excluding carboxylic acids is 1. The second-order valence-electron chi connectivity index (χ2n) is 5.98. The molecule has 2 N–H and O–H groups in total. The molecule has 24 heavy (non-hydrogen) atoms. The third-order valence-corrected chi connectivity index (χ3v) is 4.27. The molecule has 1 amide bonds. The molecule has 2 heterocycles. The number of methoxy groups -OCH3 is 1. The lowest BCUT2D eigenvalue weighted by Gasteiger charge is -2.33. The fraction of sp³-hybridized carbons (Fsp3) is 0.412. The van der Waals surface area contributed by atoms with E-state index in [-0.39, 0.29) is 17.8 Å². The lowest BCUT2D eigenvalue weighted by atomic mass is 9.91. The highest BCUT2D eigenvalue weighted by Crippen LogP contribution is 2.29. The summed E-state index contributed by atoms with van der Waals surface area (Å²) < 4.78 is 21.2. The Labute approximate surface area is 140 Å². The van der Waals surface area contributed by atoms with Gasteiger partial charge in [0.05, 0.1) is 19.3 Å². The molecule has 1 aromatic carbocycles. The van der Waals surface area contributed by atoms with Crippen LogP contribution in [0.15, 0.2) is 30.6 Å². The molecule has 1 aliphatic heterocycles. The Hall–Kier alpha value is -2.41. The molecule has 1 aromatic heterocycles. The average molecular weight is 332 g/mol. The molecule has 2 atom stereocenters. The van der Waals surface area contributed by atoms with E-state index in [1.807, 2.05) is 13.2 Å². The summed E-state index contributed by atoms with van der Waals surface area (Å²) in [6.07, 6.45) is 4.78. The standard InChI is InChI=1S/C17H21FN4O2/c1-22-10-11(9-20-22)8-19-15-5-6-16(23)21-17(15)13-7-12(24-2)3-4-14(13)18/h3-4,7,9-10,15,17,19H,5-6,8H2,1-2H3,(H,21,23)/t15-,17+/m1/s1. The van der Waals surface area contributed by atoms with Gasteiger partial charge in [0.2, 0.25) is 5.91 Å². The lowest BCUT2D eigenvalue weighted by molar-refractivity contribution is -0.123. The number of carbonyl (C=O) groups is 1. The number of amides is 1. The zero-order valence-corrected chi connectivity index (χ0v) is 13.8. The van der Waals surface area contributed by atoms with E-state index in [0.29, 0.717) is 30.7 Å². The van der Waals surface area contributed by atoms with Crippen molar-refractivity contribution in [3.8, 4) is 5.75 Å². The van der Waals surface area contributed by atoms with Crippen LogP contribution < -0.4 is 15.4 Å². The van der Waals surface area contributed by atoms with Crippen molar-refractivity contribution in [2.45, 2.75) is 31.5 Å². The van der Waals surface area contributed by atoms with Gasteiger partial charge in [-0.2, -0.15) is 5.10 Å². The van der Waals surface area contributed by atoms with Gasteiger partial charge in [-0.3, -0.25) is 9.48 Å².